The maximum atomic E-state index is 11.9. The summed E-state index contributed by atoms with van der Waals surface area (Å²) in [4.78, 5) is 4.34. The topological polar surface area (TPSA) is 78.0 Å². The van der Waals surface area contributed by atoms with Gasteiger partial charge in [0.25, 0.3) is 0 Å². The van der Waals surface area contributed by atoms with E-state index in [0.717, 1.165) is 25.0 Å². The number of aromatic nitrogens is 2. The number of nitrogens with zero attached hydrogens (tertiary/aromatic N) is 2. The molecule has 5 nitrogen and oxygen atoms in total. The molecule has 0 radical (unpaired) electrons. The zero-order valence-electron chi connectivity index (χ0n) is 9.67. The molecule has 0 saturated carbocycles. The summed E-state index contributed by atoms with van der Waals surface area (Å²) in [6, 6.07) is 0.125. The summed E-state index contributed by atoms with van der Waals surface area (Å²) in [7, 11) is -2.99. The van der Waals surface area contributed by atoms with E-state index in [-0.39, 0.29) is 6.04 Å². The molecule has 17 heavy (non-hydrogen) atoms. The molecule has 2 N–H and O–H groups in total. The normalized spacial score (nSPS) is 31.4. The summed E-state index contributed by atoms with van der Waals surface area (Å²) in [5.41, 5.74) is 7.07. The standard InChI is InChI=1S/C11H17N3O2S/c12-8-3-4-9-6-13-11(14(9)7-8)10-2-1-5-17(10,15)16/h6,8,10H,1-5,7,12H2. The molecule has 2 aliphatic heterocycles. The summed E-state index contributed by atoms with van der Waals surface area (Å²) in [5, 5.41) is -0.401. The first kappa shape index (κ1) is 11.2. The van der Waals surface area contributed by atoms with Crippen molar-refractivity contribution >= 4 is 9.84 Å². The van der Waals surface area contributed by atoms with Gasteiger partial charge < -0.3 is 10.3 Å². The van der Waals surface area contributed by atoms with Gasteiger partial charge in [-0.05, 0) is 25.7 Å². The molecule has 0 aliphatic carbocycles. The molecular weight excluding hydrogens is 238 g/mol. The smallest absolute Gasteiger partial charge is 0.160 e. The van der Waals surface area contributed by atoms with Crippen LogP contribution in [-0.2, 0) is 22.8 Å². The fraction of sp³-hybridized carbons (Fsp3) is 0.727. The van der Waals surface area contributed by atoms with E-state index in [1.54, 1.807) is 0 Å². The van der Waals surface area contributed by atoms with Gasteiger partial charge in [-0.3, -0.25) is 0 Å². The lowest BCUT2D eigenvalue weighted by atomic mass is 10.1. The summed E-state index contributed by atoms with van der Waals surface area (Å²) < 4.78 is 25.9. The van der Waals surface area contributed by atoms with Gasteiger partial charge >= 0.3 is 0 Å². The molecule has 1 fully saturated rings. The highest BCUT2D eigenvalue weighted by Crippen LogP contribution is 2.35. The molecule has 2 aliphatic rings. The van der Waals surface area contributed by atoms with Crippen molar-refractivity contribution in [2.45, 2.75) is 43.5 Å². The molecule has 0 aromatic carbocycles. The van der Waals surface area contributed by atoms with Crippen LogP contribution >= 0.6 is 0 Å². The highest BCUT2D eigenvalue weighted by Gasteiger charge is 2.37. The molecule has 94 valence electrons. The Morgan fingerprint density at radius 1 is 1.41 bits per heavy atom. The fourth-order valence-corrected chi connectivity index (χ4v) is 4.72. The maximum absolute atomic E-state index is 11.9. The molecule has 1 saturated heterocycles. The van der Waals surface area contributed by atoms with E-state index in [9.17, 15) is 8.42 Å². The van der Waals surface area contributed by atoms with E-state index in [1.165, 1.54) is 0 Å². The lowest BCUT2D eigenvalue weighted by Crippen LogP contribution is -2.33. The molecule has 3 rings (SSSR count). The second-order valence-electron chi connectivity index (χ2n) is 5.01. The van der Waals surface area contributed by atoms with Crippen LogP contribution in [0.1, 0.15) is 36.0 Å². The minimum absolute atomic E-state index is 0.125. The van der Waals surface area contributed by atoms with Gasteiger partial charge in [0.1, 0.15) is 11.1 Å². The first-order valence-electron chi connectivity index (χ1n) is 6.09. The van der Waals surface area contributed by atoms with Crippen LogP contribution in [0.15, 0.2) is 6.20 Å². The average molecular weight is 255 g/mol. The summed E-state index contributed by atoms with van der Waals surface area (Å²) in [6.45, 7) is 0.705. The van der Waals surface area contributed by atoms with Gasteiger partial charge in [0, 0.05) is 24.5 Å². The first-order valence-corrected chi connectivity index (χ1v) is 7.81. The van der Waals surface area contributed by atoms with E-state index >= 15 is 0 Å². The van der Waals surface area contributed by atoms with Gasteiger partial charge in [-0.1, -0.05) is 0 Å². The minimum atomic E-state index is -2.99. The van der Waals surface area contributed by atoms with Crippen molar-refractivity contribution in [2.75, 3.05) is 5.75 Å². The molecule has 1 aromatic rings. The third-order valence-electron chi connectivity index (χ3n) is 3.77. The molecule has 3 heterocycles. The summed E-state index contributed by atoms with van der Waals surface area (Å²) in [5.74, 6) is 1.01. The molecule has 2 unspecified atom stereocenters. The van der Waals surface area contributed by atoms with Crippen LogP contribution in [0.3, 0.4) is 0 Å². The lowest BCUT2D eigenvalue weighted by Gasteiger charge is -2.23. The van der Waals surface area contributed by atoms with Crippen LogP contribution in [0, 0.1) is 0 Å². The monoisotopic (exact) mass is 255 g/mol. The SMILES string of the molecule is NC1CCc2cnc(C3CCCS3(=O)=O)n2C1. The van der Waals surface area contributed by atoms with Crippen molar-refractivity contribution in [2.24, 2.45) is 5.73 Å². The highest BCUT2D eigenvalue weighted by molar-refractivity contribution is 7.91. The zero-order chi connectivity index (χ0) is 12.0. The Hall–Kier alpha value is -0.880. The first-order chi connectivity index (χ1) is 8.08. The van der Waals surface area contributed by atoms with E-state index in [0.29, 0.717) is 24.5 Å². The van der Waals surface area contributed by atoms with E-state index in [1.807, 2.05) is 10.8 Å². The van der Waals surface area contributed by atoms with Gasteiger partial charge in [-0.25, -0.2) is 13.4 Å². The van der Waals surface area contributed by atoms with Crippen molar-refractivity contribution in [3.05, 3.63) is 17.7 Å². The van der Waals surface area contributed by atoms with E-state index in [4.69, 9.17) is 5.73 Å². The minimum Gasteiger partial charge on any atom is -0.329 e. The van der Waals surface area contributed by atoms with Gasteiger partial charge in [-0.15, -0.1) is 0 Å². The molecule has 2 atom stereocenters. The molecular formula is C11H17N3O2S. The predicted octanol–water partition coefficient (Wildman–Crippen LogP) is 0.406. The van der Waals surface area contributed by atoms with Crippen molar-refractivity contribution < 1.29 is 8.42 Å². The Balaban J connectivity index is 2.02. The second-order valence-corrected chi connectivity index (χ2v) is 7.32. The number of nitrogens with two attached hydrogens (primary N) is 1. The summed E-state index contributed by atoms with van der Waals surface area (Å²) in [6.07, 6.45) is 5.13. The number of sulfone groups is 1. The number of hydrogen-bond acceptors (Lipinski definition) is 4. The number of hydrogen-bond donors (Lipinski definition) is 1. The third-order valence-corrected chi connectivity index (χ3v) is 5.95. The van der Waals surface area contributed by atoms with Gasteiger partial charge in [0.2, 0.25) is 0 Å². The Labute approximate surface area is 101 Å². The largest absolute Gasteiger partial charge is 0.329 e. The quantitative estimate of drug-likeness (QED) is 0.788. The van der Waals surface area contributed by atoms with Crippen molar-refractivity contribution in [1.29, 1.82) is 0 Å². The second kappa shape index (κ2) is 3.81. The molecule has 1 aromatic heterocycles. The van der Waals surface area contributed by atoms with Crippen LogP contribution in [0.2, 0.25) is 0 Å². The fourth-order valence-electron chi connectivity index (χ4n) is 2.83. The van der Waals surface area contributed by atoms with Gasteiger partial charge in [0.05, 0.1) is 5.75 Å². The maximum Gasteiger partial charge on any atom is 0.160 e. The number of rotatable bonds is 1. The third kappa shape index (κ3) is 1.79. The lowest BCUT2D eigenvalue weighted by molar-refractivity contribution is 0.445. The van der Waals surface area contributed by atoms with Crippen LogP contribution in [0.25, 0.3) is 0 Å². The number of aryl methyl sites for hydroxylation is 1. The Morgan fingerprint density at radius 3 is 2.94 bits per heavy atom. The molecule has 6 heteroatoms. The predicted molar refractivity (Wildman–Crippen MR) is 64.3 cm³/mol. The van der Waals surface area contributed by atoms with Crippen molar-refractivity contribution in [1.82, 2.24) is 9.55 Å². The Morgan fingerprint density at radius 2 is 2.24 bits per heavy atom. The van der Waals surface area contributed by atoms with Crippen LogP contribution in [-0.4, -0.2) is 29.8 Å². The molecule has 0 amide bonds. The van der Waals surface area contributed by atoms with E-state index in [2.05, 4.69) is 4.98 Å². The van der Waals surface area contributed by atoms with Crippen LogP contribution in [0.4, 0.5) is 0 Å². The van der Waals surface area contributed by atoms with Gasteiger partial charge in [0.15, 0.2) is 9.84 Å². The Bertz CT molecular complexity index is 535. The van der Waals surface area contributed by atoms with Crippen molar-refractivity contribution in [3.63, 3.8) is 0 Å². The van der Waals surface area contributed by atoms with Crippen LogP contribution in [0.5, 0.6) is 0 Å². The zero-order valence-corrected chi connectivity index (χ0v) is 10.5. The van der Waals surface area contributed by atoms with E-state index < -0.39 is 15.1 Å². The van der Waals surface area contributed by atoms with Crippen LogP contribution < -0.4 is 5.73 Å². The number of imidazole rings is 1. The number of fused-ring (bicyclic) bond motifs is 1. The molecule has 0 spiro atoms. The van der Waals surface area contributed by atoms with Gasteiger partial charge in [-0.2, -0.15) is 0 Å². The summed E-state index contributed by atoms with van der Waals surface area (Å²) >= 11 is 0. The molecule has 0 bridgehead atoms. The van der Waals surface area contributed by atoms with Crippen molar-refractivity contribution in [3.8, 4) is 0 Å². The average Bonchev–Trinajstić information content (AvgIpc) is 2.80. The highest BCUT2D eigenvalue weighted by atomic mass is 32.2. The Kier molecular flexibility index (Phi) is 2.52.